The van der Waals surface area contributed by atoms with Crippen LogP contribution in [0.15, 0.2) is 35.7 Å². The van der Waals surface area contributed by atoms with Gasteiger partial charge in [-0.05, 0) is 0 Å². The highest BCUT2D eigenvalue weighted by Crippen LogP contribution is 2.22. The van der Waals surface area contributed by atoms with Gasteiger partial charge in [0.05, 0.1) is 10.7 Å². The molecule has 1 N–H and O–H groups in total. The summed E-state index contributed by atoms with van der Waals surface area (Å²) in [5.41, 5.74) is 1.70. The average molecular weight is 251 g/mol. The lowest BCUT2D eigenvalue weighted by atomic mass is 10.2. The molecule has 88 valence electrons. The van der Waals surface area contributed by atoms with Crippen LogP contribution in [0.5, 0.6) is 0 Å². The van der Waals surface area contributed by atoms with Gasteiger partial charge in [0, 0.05) is 17.4 Å². The fraction of sp³-hybridized carbons (Fsp3) is 0.167. The predicted octanol–water partition coefficient (Wildman–Crippen LogP) is 2.78. The number of thiazole rings is 1. The molecule has 0 radical (unpaired) electrons. The summed E-state index contributed by atoms with van der Waals surface area (Å²) in [6, 6.07) is 9.50. The molecular weight excluding hydrogens is 241 g/mol. The van der Waals surface area contributed by atoms with Crippen molar-refractivity contribution < 1.29 is 14.3 Å². The van der Waals surface area contributed by atoms with E-state index in [0.29, 0.717) is 5.01 Å². The van der Waals surface area contributed by atoms with Crippen molar-refractivity contribution in [3.63, 3.8) is 0 Å². The average Bonchev–Trinajstić information content (AvgIpc) is 2.78. The maximum atomic E-state index is 13.0. The van der Waals surface area contributed by atoms with E-state index in [1.54, 1.807) is 5.38 Å². The van der Waals surface area contributed by atoms with Crippen molar-refractivity contribution in [2.24, 2.45) is 0 Å². The van der Waals surface area contributed by atoms with Gasteiger partial charge < -0.3 is 5.11 Å². The Bertz CT molecular complexity index is 512. The largest absolute Gasteiger partial charge is 0.479 e. The summed E-state index contributed by atoms with van der Waals surface area (Å²) in [6.07, 6.45) is -2.06. The Morgan fingerprint density at radius 3 is 2.76 bits per heavy atom. The fourth-order valence-corrected chi connectivity index (χ4v) is 2.22. The molecule has 0 saturated heterocycles. The van der Waals surface area contributed by atoms with Crippen molar-refractivity contribution >= 4 is 17.3 Å². The number of carbonyl (C=O) groups is 1. The van der Waals surface area contributed by atoms with Gasteiger partial charge >= 0.3 is 5.97 Å². The SMILES string of the molecule is O=C(O)C(F)Cc1nc(-c2ccccc2)cs1. The molecule has 0 aliphatic rings. The number of aliphatic carboxylic acids is 1. The smallest absolute Gasteiger partial charge is 0.338 e. The first-order valence-electron chi connectivity index (χ1n) is 5.03. The molecule has 0 bridgehead atoms. The van der Waals surface area contributed by atoms with E-state index in [0.717, 1.165) is 11.3 Å². The molecule has 0 spiro atoms. The molecule has 1 atom stereocenters. The topological polar surface area (TPSA) is 50.2 Å². The van der Waals surface area contributed by atoms with Crippen molar-refractivity contribution in [1.82, 2.24) is 4.98 Å². The van der Waals surface area contributed by atoms with E-state index in [-0.39, 0.29) is 6.42 Å². The van der Waals surface area contributed by atoms with Crippen LogP contribution in [0.25, 0.3) is 11.3 Å². The highest BCUT2D eigenvalue weighted by molar-refractivity contribution is 7.10. The molecule has 0 saturated carbocycles. The van der Waals surface area contributed by atoms with Crippen molar-refractivity contribution in [1.29, 1.82) is 0 Å². The number of benzene rings is 1. The summed E-state index contributed by atoms with van der Waals surface area (Å²) < 4.78 is 13.0. The standard InChI is InChI=1S/C12H10FNO2S/c13-9(12(15)16)6-11-14-10(7-17-11)8-4-2-1-3-5-8/h1-5,7,9H,6H2,(H,15,16). The molecule has 1 aromatic carbocycles. The quantitative estimate of drug-likeness (QED) is 0.909. The van der Waals surface area contributed by atoms with Crippen LogP contribution in [0.3, 0.4) is 0 Å². The number of carboxylic acids is 1. The number of halogens is 1. The van der Waals surface area contributed by atoms with Gasteiger partial charge in [-0.15, -0.1) is 11.3 Å². The van der Waals surface area contributed by atoms with Gasteiger partial charge in [-0.1, -0.05) is 30.3 Å². The Morgan fingerprint density at radius 1 is 1.41 bits per heavy atom. The van der Waals surface area contributed by atoms with Crippen LogP contribution in [0.1, 0.15) is 5.01 Å². The molecule has 2 rings (SSSR count). The molecule has 0 amide bonds. The van der Waals surface area contributed by atoms with E-state index < -0.39 is 12.1 Å². The van der Waals surface area contributed by atoms with E-state index in [1.807, 2.05) is 30.3 Å². The molecule has 1 heterocycles. The monoisotopic (exact) mass is 251 g/mol. The van der Waals surface area contributed by atoms with Crippen molar-refractivity contribution in [2.45, 2.75) is 12.6 Å². The Balaban J connectivity index is 2.14. The van der Waals surface area contributed by atoms with Crippen LogP contribution in [-0.4, -0.2) is 22.2 Å². The lowest BCUT2D eigenvalue weighted by molar-refractivity contribution is -0.142. The molecule has 0 aliphatic carbocycles. The minimum absolute atomic E-state index is 0.174. The first-order chi connectivity index (χ1) is 8.16. The molecule has 1 unspecified atom stereocenters. The van der Waals surface area contributed by atoms with Gasteiger partial charge in [0.1, 0.15) is 0 Å². The van der Waals surface area contributed by atoms with Gasteiger partial charge in [0.2, 0.25) is 6.17 Å². The number of rotatable bonds is 4. The van der Waals surface area contributed by atoms with Gasteiger partial charge in [-0.25, -0.2) is 14.2 Å². The second-order valence-corrected chi connectivity index (χ2v) is 4.45. The number of carboxylic acid groups (broad SMARTS) is 1. The van der Waals surface area contributed by atoms with E-state index in [2.05, 4.69) is 4.98 Å². The van der Waals surface area contributed by atoms with E-state index in [9.17, 15) is 9.18 Å². The summed E-state index contributed by atoms with van der Waals surface area (Å²) >= 11 is 1.28. The highest BCUT2D eigenvalue weighted by atomic mass is 32.1. The second kappa shape index (κ2) is 5.05. The van der Waals surface area contributed by atoms with Gasteiger partial charge in [0.25, 0.3) is 0 Å². The van der Waals surface area contributed by atoms with Crippen LogP contribution in [-0.2, 0) is 11.2 Å². The third-order valence-electron chi connectivity index (χ3n) is 2.24. The van der Waals surface area contributed by atoms with Gasteiger partial charge in [0.15, 0.2) is 0 Å². The molecule has 0 fully saturated rings. The minimum atomic E-state index is -1.88. The Kier molecular flexibility index (Phi) is 3.49. The Hall–Kier alpha value is -1.75. The van der Waals surface area contributed by atoms with Crippen molar-refractivity contribution in [3.05, 3.63) is 40.7 Å². The highest BCUT2D eigenvalue weighted by Gasteiger charge is 2.18. The van der Waals surface area contributed by atoms with E-state index >= 15 is 0 Å². The summed E-state index contributed by atoms with van der Waals surface area (Å²) in [5, 5.41) is 10.8. The maximum absolute atomic E-state index is 13.0. The number of alkyl halides is 1. The van der Waals surface area contributed by atoms with Gasteiger partial charge in [-0.2, -0.15) is 0 Å². The summed E-state index contributed by atoms with van der Waals surface area (Å²) in [7, 11) is 0. The van der Waals surface area contributed by atoms with Crippen molar-refractivity contribution in [3.8, 4) is 11.3 Å². The first-order valence-corrected chi connectivity index (χ1v) is 5.91. The number of nitrogens with zero attached hydrogens (tertiary/aromatic N) is 1. The normalized spacial score (nSPS) is 12.3. The fourth-order valence-electron chi connectivity index (χ4n) is 1.39. The second-order valence-electron chi connectivity index (χ2n) is 3.50. The van der Waals surface area contributed by atoms with Crippen LogP contribution < -0.4 is 0 Å². The Morgan fingerprint density at radius 2 is 2.12 bits per heavy atom. The van der Waals surface area contributed by atoms with Crippen LogP contribution in [0, 0.1) is 0 Å². The number of hydrogen-bond acceptors (Lipinski definition) is 3. The number of aromatic nitrogens is 1. The lowest BCUT2D eigenvalue weighted by Gasteiger charge is -1.98. The van der Waals surface area contributed by atoms with Crippen LogP contribution >= 0.6 is 11.3 Å². The van der Waals surface area contributed by atoms with E-state index in [1.165, 1.54) is 11.3 Å². The molecule has 2 aromatic rings. The van der Waals surface area contributed by atoms with Gasteiger partial charge in [-0.3, -0.25) is 0 Å². The molecule has 0 aliphatic heterocycles. The molecular formula is C12H10FNO2S. The summed E-state index contributed by atoms with van der Waals surface area (Å²) in [6.45, 7) is 0. The van der Waals surface area contributed by atoms with Crippen molar-refractivity contribution in [2.75, 3.05) is 0 Å². The minimum Gasteiger partial charge on any atom is -0.479 e. The first kappa shape index (κ1) is 11.7. The zero-order chi connectivity index (χ0) is 12.3. The maximum Gasteiger partial charge on any atom is 0.338 e. The molecule has 5 heteroatoms. The van der Waals surface area contributed by atoms with Crippen LogP contribution in [0.2, 0.25) is 0 Å². The predicted molar refractivity (Wildman–Crippen MR) is 63.8 cm³/mol. The summed E-state index contributed by atoms with van der Waals surface area (Å²) in [5.74, 6) is -1.44. The lowest BCUT2D eigenvalue weighted by Crippen LogP contribution is -2.16. The summed E-state index contributed by atoms with van der Waals surface area (Å²) in [4.78, 5) is 14.6. The zero-order valence-electron chi connectivity index (χ0n) is 8.84. The van der Waals surface area contributed by atoms with E-state index in [4.69, 9.17) is 5.11 Å². The third-order valence-corrected chi connectivity index (χ3v) is 3.11. The molecule has 3 nitrogen and oxygen atoms in total. The zero-order valence-corrected chi connectivity index (χ0v) is 9.65. The molecule has 1 aromatic heterocycles. The molecule has 17 heavy (non-hydrogen) atoms. The number of hydrogen-bond donors (Lipinski definition) is 1. The Labute approximate surface area is 102 Å². The van der Waals surface area contributed by atoms with Crippen LogP contribution in [0.4, 0.5) is 4.39 Å². The third kappa shape index (κ3) is 2.88.